The molecule has 5 N–H and O–H groups in total. The number of carbonyl (C=O) groups excluding carboxylic acids is 3. The molecule has 1 aliphatic heterocycles. The molecular formula is C19H16F2N4O4S. The average molecular weight is 434 g/mol. The smallest absolute Gasteiger partial charge is 0.269 e. The Hall–Kier alpha value is -3.31. The van der Waals surface area contributed by atoms with Crippen molar-refractivity contribution in [3.8, 4) is 0 Å². The lowest BCUT2D eigenvalue weighted by molar-refractivity contribution is -0.149. The van der Waals surface area contributed by atoms with Crippen LogP contribution >= 0.6 is 11.3 Å². The predicted molar refractivity (Wildman–Crippen MR) is 105 cm³/mol. The highest BCUT2D eigenvalue weighted by Gasteiger charge is 2.52. The quantitative estimate of drug-likeness (QED) is 0.453. The summed E-state index contributed by atoms with van der Waals surface area (Å²) in [5.74, 6) is -3.95. The number of fused-ring (bicyclic) bond motifs is 1. The van der Waals surface area contributed by atoms with Gasteiger partial charge in [0, 0.05) is 31.0 Å². The van der Waals surface area contributed by atoms with Crippen molar-refractivity contribution < 1.29 is 28.3 Å². The number of amides is 3. The zero-order chi connectivity index (χ0) is 21.6. The van der Waals surface area contributed by atoms with Crippen molar-refractivity contribution in [1.29, 1.82) is 0 Å². The Bertz CT molecular complexity index is 1140. The molecular weight excluding hydrogens is 418 g/mol. The summed E-state index contributed by atoms with van der Waals surface area (Å²) < 4.78 is 26.5. The minimum absolute atomic E-state index is 0.100. The summed E-state index contributed by atoms with van der Waals surface area (Å²) >= 11 is 1.18. The first-order chi connectivity index (χ1) is 14.2. The second kappa shape index (κ2) is 7.18. The Labute approximate surface area is 172 Å². The normalized spacial score (nSPS) is 18.9. The first kappa shape index (κ1) is 20.0. The van der Waals surface area contributed by atoms with Gasteiger partial charge in [-0.1, -0.05) is 11.3 Å². The number of aromatic amines is 1. The van der Waals surface area contributed by atoms with Gasteiger partial charge in [0.1, 0.15) is 27.2 Å². The molecule has 1 atom stereocenters. The van der Waals surface area contributed by atoms with E-state index in [2.05, 4.69) is 10.3 Å². The van der Waals surface area contributed by atoms with Crippen LogP contribution in [0.3, 0.4) is 0 Å². The van der Waals surface area contributed by atoms with Gasteiger partial charge in [-0.3, -0.25) is 14.4 Å². The zero-order valence-corrected chi connectivity index (χ0v) is 16.2. The summed E-state index contributed by atoms with van der Waals surface area (Å²) in [5.41, 5.74) is 3.33. The van der Waals surface area contributed by atoms with Crippen LogP contribution in [-0.4, -0.2) is 40.0 Å². The zero-order valence-electron chi connectivity index (χ0n) is 15.4. The molecule has 11 heteroatoms. The third-order valence-corrected chi connectivity index (χ3v) is 5.96. The maximum Gasteiger partial charge on any atom is 0.269 e. The average Bonchev–Trinajstić information content (AvgIpc) is 3.32. The van der Waals surface area contributed by atoms with E-state index in [1.54, 1.807) is 12.1 Å². The molecule has 156 valence electrons. The van der Waals surface area contributed by atoms with Crippen molar-refractivity contribution in [1.82, 2.24) is 10.3 Å². The van der Waals surface area contributed by atoms with Crippen molar-refractivity contribution >= 4 is 44.3 Å². The largest absolute Gasteiger partial charge is 0.372 e. The lowest BCUT2D eigenvalue weighted by Crippen LogP contribution is -2.52. The van der Waals surface area contributed by atoms with E-state index in [9.17, 15) is 28.3 Å². The molecule has 0 radical (unpaired) electrons. The molecule has 1 aromatic carbocycles. The molecule has 8 nitrogen and oxygen atoms in total. The number of hydrogen-bond donors (Lipinski definition) is 4. The van der Waals surface area contributed by atoms with Gasteiger partial charge < -0.3 is 26.0 Å². The Morgan fingerprint density at radius 2 is 1.93 bits per heavy atom. The fourth-order valence-electron chi connectivity index (χ4n) is 3.34. The van der Waals surface area contributed by atoms with Crippen LogP contribution < -0.4 is 16.0 Å². The molecule has 1 saturated heterocycles. The summed E-state index contributed by atoms with van der Waals surface area (Å²) in [5, 5.41) is 14.2. The molecule has 0 saturated carbocycles. The summed E-state index contributed by atoms with van der Waals surface area (Å²) in [6.07, 6.45) is -0.145. The number of H-pyrrole nitrogens is 1. The first-order valence-electron chi connectivity index (χ1n) is 8.87. The number of nitrogens with zero attached hydrogens (tertiary/aromatic N) is 1. The molecule has 2 aromatic heterocycles. The second-order valence-corrected chi connectivity index (χ2v) is 7.97. The topological polar surface area (TPSA) is 129 Å². The highest BCUT2D eigenvalue weighted by molar-refractivity contribution is 7.22. The van der Waals surface area contributed by atoms with E-state index < -0.39 is 35.0 Å². The minimum Gasteiger partial charge on any atom is -0.372 e. The van der Waals surface area contributed by atoms with Gasteiger partial charge in [0.05, 0.1) is 0 Å². The van der Waals surface area contributed by atoms with Crippen molar-refractivity contribution in [3.63, 3.8) is 0 Å². The molecule has 0 aliphatic carbocycles. The maximum atomic E-state index is 13.3. The lowest BCUT2D eigenvalue weighted by Gasteiger charge is -2.21. The highest BCUT2D eigenvalue weighted by atomic mass is 32.1. The molecule has 4 rings (SSSR count). The summed E-state index contributed by atoms with van der Waals surface area (Å²) in [4.78, 5) is 41.3. The molecule has 0 spiro atoms. The number of rotatable bonds is 5. The van der Waals surface area contributed by atoms with Crippen molar-refractivity contribution in [3.05, 3.63) is 53.2 Å². The van der Waals surface area contributed by atoms with Gasteiger partial charge in [-0.25, -0.2) is 8.78 Å². The van der Waals surface area contributed by atoms with Gasteiger partial charge in [-0.2, -0.15) is 0 Å². The monoisotopic (exact) mass is 434 g/mol. The van der Waals surface area contributed by atoms with Crippen LogP contribution in [0.1, 0.15) is 22.5 Å². The number of aromatic nitrogens is 1. The van der Waals surface area contributed by atoms with Crippen LogP contribution in [0.25, 0.3) is 10.2 Å². The highest BCUT2D eigenvalue weighted by Crippen LogP contribution is 2.37. The Kier molecular flexibility index (Phi) is 4.79. The number of carbonyl (C=O) groups is 3. The Morgan fingerprint density at radius 3 is 2.57 bits per heavy atom. The van der Waals surface area contributed by atoms with E-state index in [4.69, 9.17) is 5.73 Å². The van der Waals surface area contributed by atoms with Gasteiger partial charge in [0.2, 0.25) is 5.60 Å². The van der Waals surface area contributed by atoms with Crippen LogP contribution in [0.15, 0.2) is 30.3 Å². The van der Waals surface area contributed by atoms with Gasteiger partial charge in [-0.15, -0.1) is 0 Å². The fraction of sp³-hybridized carbons (Fsp3) is 0.211. The number of thiophene rings is 1. The molecule has 0 bridgehead atoms. The SMILES string of the molecule is NC(=O)c1cc2cc(N3CCC(O)(C(=O)NCc4cc(F)cc(F)c4)C3=O)sc2[nH]1. The van der Waals surface area contributed by atoms with Gasteiger partial charge in [-0.05, 0) is 29.8 Å². The number of hydrogen-bond acceptors (Lipinski definition) is 5. The molecule has 1 aliphatic rings. The first-order valence-corrected chi connectivity index (χ1v) is 9.69. The van der Waals surface area contributed by atoms with E-state index in [1.807, 2.05) is 0 Å². The molecule has 1 unspecified atom stereocenters. The molecule has 3 amide bonds. The number of halogens is 2. The second-order valence-electron chi connectivity index (χ2n) is 6.94. The molecule has 1 fully saturated rings. The molecule has 3 aromatic rings. The van der Waals surface area contributed by atoms with E-state index in [0.717, 1.165) is 12.1 Å². The number of benzene rings is 1. The molecule has 30 heavy (non-hydrogen) atoms. The number of primary amides is 1. The fourth-order valence-corrected chi connectivity index (χ4v) is 4.42. The lowest BCUT2D eigenvalue weighted by atomic mass is 10.0. The van der Waals surface area contributed by atoms with Crippen LogP contribution in [0.2, 0.25) is 0 Å². The van der Waals surface area contributed by atoms with Crippen LogP contribution in [0.5, 0.6) is 0 Å². The van der Waals surface area contributed by atoms with Crippen LogP contribution in [0.4, 0.5) is 13.8 Å². The van der Waals surface area contributed by atoms with E-state index in [-0.39, 0.29) is 30.8 Å². The van der Waals surface area contributed by atoms with E-state index in [0.29, 0.717) is 21.3 Å². The number of nitrogens with two attached hydrogens (primary N) is 1. The van der Waals surface area contributed by atoms with Crippen molar-refractivity contribution in [2.75, 3.05) is 11.4 Å². The number of anilines is 1. The predicted octanol–water partition coefficient (Wildman–Crippen LogP) is 1.39. The number of aliphatic hydroxyl groups is 1. The van der Waals surface area contributed by atoms with Gasteiger partial charge in [0.25, 0.3) is 17.7 Å². The maximum absolute atomic E-state index is 13.3. The third-order valence-electron chi connectivity index (χ3n) is 4.87. The summed E-state index contributed by atoms with van der Waals surface area (Å²) in [6.45, 7) is -0.149. The van der Waals surface area contributed by atoms with Crippen LogP contribution in [-0.2, 0) is 16.1 Å². The van der Waals surface area contributed by atoms with E-state index >= 15 is 0 Å². The minimum atomic E-state index is -2.29. The van der Waals surface area contributed by atoms with Gasteiger partial charge >= 0.3 is 0 Å². The van der Waals surface area contributed by atoms with E-state index in [1.165, 1.54) is 16.2 Å². The van der Waals surface area contributed by atoms with Crippen molar-refractivity contribution in [2.45, 2.75) is 18.6 Å². The Balaban J connectivity index is 1.48. The summed E-state index contributed by atoms with van der Waals surface area (Å²) in [7, 11) is 0. The molecule has 3 heterocycles. The Morgan fingerprint density at radius 1 is 1.23 bits per heavy atom. The standard InChI is InChI=1S/C19H16F2N4O4S/c20-11-3-9(4-12(21)7-11)8-23-17(27)19(29)1-2-25(18(19)28)14-6-10-5-13(15(22)26)24-16(10)30-14/h3-7,24,29H,1-2,8H2,(H2,22,26)(H,23,27). The van der Waals surface area contributed by atoms with Gasteiger partial charge in [0.15, 0.2) is 0 Å². The summed E-state index contributed by atoms with van der Waals surface area (Å²) in [6, 6.07) is 6.00. The third kappa shape index (κ3) is 3.42. The number of nitrogens with one attached hydrogen (secondary N) is 2. The van der Waals surface area contributed by atoms with Crippen molar-refractivity contribution in [2.24, 2.45) is 5.73 Å². The van der Waals surface area contributed by atoms with Crippen LogP contribution in [0, 0.1) is 11.6 Å².